The molecule has 0 spiro atoms. The number of Topliss-reactive ketones (excluding diaryl/α,β-unsaturated/α-hetero) is 1. The van der Waals surface area contributed by atoms with Gasteiger partial charge >= 0.3 is 0 Å². The highest BCUT2D eigenvalue weighted by atomic mass is 16.2. The average molecular weight is 391 g/mol. The van der Waals surface area contributed by atoms with Gasteiger partial charge in [-0.3, -0.25) is 9.59 Å². The number of hydrazone groups is 1. The normalized spacial score (nSPS) is 17.3. The fourth-order valence-corrected chi connectivity index (χ4v) is 3.94. The van der Waals surface area contributed by atoms with Crippen LogP contribution in [0.15, 0.2) is 59.7 Å². The Balaban J connectivity index is 1.29. The van der Waals surface area contributed by atoms with Crippen molar-refractivity contribution in [2.45, 2.75) is 13.3 Å². The lowest BCUT2D eigenvalue weighted by Crippen LogP contribution is -3.15. The van der Waals surface area contributed by atoms with Crippen molar-refractivity contribution in [3.05, 3.63) is 65.7 Å². The van der Waals surface area contributed by atoms with Crippen LogP contribution in [0.4, 0.5) is 5.69 Å². The highest BCUT2D eigenvalue weighted by Crippen LogP contribution is 2.16. The summed E-state index contributed by atoms with van der Waals surface area (Å²) in [6, 6.07) is 17.9. The maximum Gasteiger partial charge on any atom is 0.297 e. The second-order valence-corrected chi connectivity index (χ2v) is 7.70. The number of hydrogen-bond acceptors (Lipinski definition) is 4. The van der Waals surface area contributed by atoms with E-state index in [1.165, 1.54) is 4.90 Å². The van der Waals surface area contributed by atoms with Crippen LogP contribution < -0.4 is 9.80 Å². The van der Waals surface area contributed by atoms with Crippen LogP contribution in [0.2, 0.25) is 0 Å². The van der Waals surface area contributed by atoms with E-state index in [-0.39, 0.29) is 11.7 Å². The number of nitrogens with one attached hydrogen (secondary N) is 1. The maximum absolute atomic E-state index is 12.7. The van der Waals surface area contributed by atoms with Crippen molar-refractivity contribution in [1.29, 1.82) is 0 Å². The van der Waals surface area contributed by atoms with Crippen molar-refractivity contribution in [1.82, 2.24) is 5.01 Å². The Labute approximate surface area is 171 Å². The standard InChI is InChI=1S/C23H26N4O2/c1-18(28)19-7-9-21(10-8-19)26-15-13-25(14-16-26)17-23(29)27-12-11-22(24-27)20-5-3-2-4-6-20/h2-10H,11-17H2,1H3/p+1. The first-order valence-electron chi connectivity index (χ1n) is 10.2. The van der Waals surface area contributed by atoms with Gasteiger partial charge in [0.05, 0.1) is 38.4 Å². The molecule has 150 valence electrons. The van der Waals surface area contributed by atoms with E-state index >= 15 is 0 Å². The lowest BCUT2D eigenvalue weighted by molar-refractivity contribution is -0.892. The topological polar surface area (TPSA) is 57.4 Å². The second-order valence-electron chi connectivity index (χ2n) is 7.70. The molecule has 4 rings (SSSR count). The van der Waals surface area contributed by atoms with Gasteiger partial charge in [0.2, 0.25) is 0 Å². The van der Waals surface area contributed by atoms with Gasteiger partial charge in [0.15, 0.2) is 12.3 Å². The van der Waals surface area contributed by atoms with Crippen LogP contribution in [-0.4, -0.2) is 61.7 Å². The number of hydrogen-bond donors (Lipinski definition) is 1. The van der Waals surface area contributed by atoms with Crippen LogP contribution >= 0.6 is 0 Å². The van der Waals surface area contributed by atoms with Gasteiger partial charge in [-0.1, -0.05) is 30.3 Å². The molecule has 0 bridgehead atoms. The average Bonchev–Trinajstić information content (AvgIpc) is 3.26. The molecule has 2 aliphatic heterocycles. The predicted octanol–water partition coefficient (Wildman–Crippen LogP) is 1.23. The van der Waals surface area contributed by atoms with Gasteiger partial charge in [0.25, 0.3) is 5.91 Å². The van der Waals surface area contributed by atoms with E-state index in [0.717, 1.165) is 55.1 Å². The molecular formula is C23H27N4O2+. The summed E-state index contributed by atoms with van der Waals surface area (Å²) in [6.45, 7) is 6.39. The number of carbonyl (C=O) groups is 2. The fraction of sp³-hybridized carbons (Fsp3) is 0.348. The number of rotatable bonds is 5. The molecule has 1 saturated heterocycles. The zero-order chi connectivity index (χ0) is 20.2. The summed E-state index contributed by atoms with van der Waals surface area (Å²) in [7, 11) is 0. The molecule has 0 unspecified atom stereocenters. The quantitative estimate of drug-likeness (QED) is 0.780. The minimum Gasteiger partial charge on any atom is -0.360 e. The number of anilines is 1. The summed E-state index contributed by atoms with van der Waals surface area (Å²) in [5.74, 6) is 0.189. The van der Waals surface area contributed by atoms with Gasteiger partial charge < -0.3 is 9.80 Å². The van der Waals surface area contributed by atoms with Gasteiger partial charge in [-0.05, 0) is 36.8 Å². The van der Waals surface area contributed by atoms with E-state index in [0.29, 0.717) is 13.1 Å². The van der Waals surface area contributed by atoms with E-state index in [2.05, 4.69) is 10.0 Å². The molecule has 1 fully saturated rings. The number of carbonyl (C=O) groups excluding carboxylic acids is 2. The SMILES string of the molecule is CC(=O)c1ccc(N2CC[NH+](CC(=O)N3CCC(c4ccccc4)=N3)CC2)cc1. The van der Waals surface area contributed by atoms with E-state index in [4.69, 9.17) is 0 Å². The van der Waals surface area contributed by atoms with E-state index in [1.807, 2.05) is 54.6 Å². The molecule has 2 aliphatic rings. The number of piperazine rings is 1. The largest absolute Gasteiger partial charge is 0.360 e. The van der Waals surface area contributed by atoms with Crippen molar-refractivity contribution in [2.24, 2.45) is 5.10 Å². The predicted molar refractivity (Wildman–Crippen MR) is 114 cm³/mol. The van der Waals surface area contributed by atoms with Gasteiger partial charge in [-0.15, -0.1) is 0 Å². The molecule has 1 amide bonds. The van der Waals surface area contributed by atoms with Crippen LogP contribution in [0.1, 0.15) is 29.3 Å². The summed E-state index contributed by atoms with van der Waals surface area (Å²) in [6.07, 6.45) is 0.815. The van der Waals surface area contributed by atoms with E-state index < -0.39 is 0 Å². The van der Waals surface area contributed by atoms with Crippen LogP contribution in [0.5, 0.6) is 0 Å². The van der Waals surface area contributed by atoms with Gasteiger partial charge in [-0.25, -0.2) is 5.01 Å². The molecule has 0 aliphatic carbocycles. The van der Waals surface area contributed by atoms with Crippen molar-refractivity contribution < 1.29 is 14.5 Å². The smallest absolute Gasteiger partial charge is 0.297 e. The molecule has 2 aromatic carbocycles. The maximum atomic E-state index is 12.7. The Morgan fingerprint density at radius 1 is 0.966 bits per heavy atom. The third kappa shape index (κ3) is 4.54. The van der Waals surface area contributed by atoms with Crippen LogP contribution in [0.25, 0.3) is 0 Å². The highest BCUT2D eigenvalue weighted by molar-refractivity contribution is 6.02. The molecule has 2 aromatic rings. The lowest BCUT2D eigenvalue weighted by Gasteiger charge is -2.33. The first kappa shape index (κ1) is 19.3. The molecule has 0 saturated carbocycles. The molecule has 6 heteroatoms. The first-order valence-corrected chi connectivity index (χ1v) is 10.2. The van der Waals surface area contributed by atoms with Crippen LogP contribution in [-0.2, 0) is 4.79 Å². The summed E-state index contributed by atoms with van der Waals surface area (Å²) >= 11 is 0. The molecule has 29 heavy (non-hydrogen) atoms. The second kappa shape index (κ2) is 8.57. The number of amides is 1. The summed E-state index contributed by atoms with van der Waals surface area (Å²) in [4.78, 5) is 27.7. The Bertz CT molecular complexity index is 900. The zero-order valence-electron chi connectivity index (χ0n) is 16.8. The summed E-state index contributed by atoms with van der Waals surface area (Å²) in [5.41, 5.74) is 3.97. The molecule has 0 atom stereocenters. The Kier molecular flexibility index (Phi) is 5.71. The van der Waals surface area contributed by atoms with Crippen molar-refractivity contribution in [3.63, 3.8) is 0 Å². The molecule has 0 radical (unpaired) electrons. The molecule has 2 heterocycles. The number of nitrogens with zero attached hydrogens (tertiary/aromatic N) is 3. The van der Waals surface area contributed by atoms with Gasteiger partial charge in [0.1, 0.15) is 0 Å². The summed E-state index contributed by atoms with van der Waals surface area (Å²) < 4.78 is 0. The monoisotopic (exact) mass is 391 g/mol. The highest BCUT2D eigenvalue weighted by Gasteiger charge is 2.27. The number of ketones is 1. The third-order valence-electron chi connectivity index (χ3n) is 5.71. The van der Waals surface area contributed by atoms with Crippen LogP contribution in [0.3, 0.4) is 0 Å². The summed E-state index contributed by atoms with van der Waals surface area (Å²) in [5, 5.41) is 6.20. The van der Waals surface area contributed by atoms with Crippen LogP contribution in [0, 0.1) is 0 Å². The van der Waals surface area contributed by atoms with Gasteiger partial charge in [0, 0.05) is 17.7 Å². The molecular weight excluding hydrogens is 364 g/mol. The molecule has 0 aromatic heterocycles. The minimum absolute atomic E-state index is 0.0873. The Morgan fingerprint density at radius 2 is 1.66 bits per heavy atom. The van der Waals surface area contributed by atoms with E-state index in [1.54, 1.807) is 11.9 Å². The van der Waals surface area contributed by atoms with Crippen molar-refractivity contribution >= 4 is 23.1 Å². The minimum atomic E-state index is 0.0873. The number of benzene rings is 2. The van der Waals surface area contributed by atoms with Crippen molar-refractivity contribution in [2.75, 3.05) is 44.2 Å². The third-order valence-corrected chi connectivity index (χ3v) is 5.71. The lowest BCUT2D eigenvalue weighted by atomic mass is 10.1. The zero-order valence-corrected chi connectivity index (χ0v) is 16.8. The van der Waals surface area contributed by atoms with E-state index in [9.17, 15) is 9.59 Å². The fourth-order valence-electron chi connectivity index (χ4n) is 3.94. The van der Waals surface area contributed by atoms with Crippen molar-refractivity contribution in [3.8, 4) is 0 Å². The molecule has 6 nitrogen and oxygen atoms in total. The Hall–Kier alpha value is -2.99. The number of quaternary nitrogens is 1. The first-order chi connectivity index (χ1) is 14.1. The van der Waals surface area contributed by atoms with Gasteiger partial charge in [-0.2, -0.15) is 5.10 Å². The molecule has 1 N–H and O–H groups in total. The Morgan fingerprint density at radius 3 is 2.31 bits per heavy atom.